The molecule has 0 bridgehead atoms. The predicted octanol–water partition coefficient (Wildman–Crippen LogP) is 5.40. The number of imidazole rings is 1. The van der Waals surface area contributed by atoms with E-state index in [1.807, 2.05) is 0 Å². The highest BCUT2D eigenvalue weighted by Gasteiger charge is 2.44. The standard InChI is InChI=1S/C22H14F6N4O/c23-15-6-12(32-9-21(24,25)10-32)7-16-18(15)31-20(30-16)17-5-11(8-29-17)19(33)13-3-1-2-4-14(13)22(26,27)28/h1-8,29H,9-10H2,(H,30,31). The Bertz CT molecular complexity index is 1380. The summed E-state index contributed by atoms with van der Waals surface area (Å²) in [5.41, 5.74) is -0.852. The zero-order chi connectivity index (χ0) is 23.5. The predicted molar refractivity (Wildman–Crippen MR) is 108 cm³/mol. The molecule has 0 spiro atoms. The van der Waals surface area contributed by atoms with Crippen molar-refractivity contribution in [2.75, 3.05) is 18.0 Å². The van der Waals surface area contributed by atoms with Gasteiger partial charge in [0.15, 0.2) is 17.4 Å². The second-order valence-corrected chi connectivity index (χ2v) is 7.80. The van der Waals surface area contributed by atoms with E-state index in [0.717, 1.165) is 18.2 Å². The normalized spacial score (nSPS) is 15.6. The highest BCUT2D eigenvalue weighted by Crippen LogP contribution is 2.35. The molecule has 1 fully saturated rings. The molecule has 5 nitrogen and oxygen atoms in total. The number of aromatic amines is 2. The number of H-pyrrole nitrogens is 2. The van der Waals surface area contributed by atoms with Crippen molar-refractivity contribution in [3.05, 3.63) is 71.2 Å². The van der Waals surface area contributed by atoms with E-state index in [1.165, 1.54) is 35.4 Å². The summed E-state index contributed by atoms with van der Waals surface area (Å²) in [7, 11) is 0. The third-order valence-electron chi connectivity index (χ3n) is 5.41. The molecule has 5 rings (SSSR count). The number of hydrogen-bond donors (Lipinski definition) is 2. The van der Waals surface area contributed by atoms with E-state index >= 15 is 0 Å². The molecule has 0 unspecified atom stereocenters. The van der Waals surface area contributed by atoms with Crippen LogP contribution in [0.4, 0.5) is 32.0 Å². The second-order valence-electron chi connectivity index (χ2n) is 7.80. The number of halogens is 6. The Labute approximate surface area is 182 Å². The zero-order valence-corrected chi connectivity index (χ0v) is 16.6. The highest BCUT2D eigenvalue weighted by atomic mass is 19.4. The molecule has 2 N–H and O–H groups in total. The molecule has 3 heterocycles. The number of ketones is 1. The lowest BCUT2D eigenvalue weighted by molar-refractivity contribution is -0.137. The van der Waals surface area contributed by atoms with Gasteiger partial charge in [0, 0.05) is 23.0 Å². The number of aromatic nitrogens is 3. The van der Waals surface area contributed by atoms with Crippen LogP contribution >= 0.6 is 0 Å². The van der Waals surface area contributed by atoms with Gasteiger partial charge in [0.05, 0.1) is 29.9 Å². The van der Waals surface area contributed by atoms with Gasteiger partial charge in [-0.05, 0) is 24.3 Å². The van der Waals surface area contributed by atoms with Crippen LogP contribution in [0.5, 0.6) is 0 Å². The maximum atomic E-state index is 14.5. The molecular weight excluding hydrogens is 450 g/mol. The maximum absolute atomic E-state index is 14.5. The van der Waals surface area contributed by atoms with Gasteiger partial charge in [-0.1, -0.05) is 18.2 Å². The Hall–Kier alpha value is -3.76. The van der Waals surface area contributed by atoms with E-state index < -0.39 is 47.9 Å². The quantitative estimate of drug-likeness (QED) is 0.314. The molecule has 1 aliphatic heterocycles. The number of rotatable bonds is 4. The van der Waals surface area contributed by atoms with Gasteiger partial charge in [0.2, 0.25) is 0 Å². The molecule has 0 amide bonds. The van der Waals surface area contributed by atoms with Gasteiger partial charge in [0.1, 0.15) is 5.52 Å². The minimum Gasteiger partial charge on any atom is -0.359 e. The fourth-order valence-electron chi connectivity index (χ4n) is 3.81. The Morgan fingerprint density at radius 1 is 1.09 bits per heavy atom. The summed E-state index contributed by atoms with van der Waals surface area (Å²) in [4.78, 5) is 23.8. The molecule has 0 radical (unpaired) electrons. The monoisotopic (exact) mass is 464 g/mol. The second kappa shape index (κ2) is 7.12. The van der Waals surface area contributed by atoms with Crippen LogP contribution in [0.2, 0.25) is 0 Å². The van der Waals surface area contributed by atoms with Crippen LogP contribution in [0.25, 0.3) is 22.6 Å². The lowest BCUT2D eigenvalue weighted by Crippen LogP contribution is -2.56. The van der Waals surface area contributed by atoms with Crippen LogP contribution in [0, 0.1) is 5.82 Å². The smallest absolute Gasteiger partial charge is 0.359 e. The van der Waals surface area contributed by atoms with Crippen molar-refractivity contribution >= 4 is 22.5 Å². The minimum atomic E-state index is -4.69. The first-order chi connectivity index (χ1) is 15.5. The Morgan fingerprint density at radius 3 is 2.52 bits per heavy atom. The van der Waals surface area contributed by atoms with Crippen LogP contribution < -0.4 is 4.90 Å². The first-order valence-electron chi connectivity index (χ1n) is 9.74. The Kier molecular flexibility index (Phi) is 4.56. The van der Waals surface area contributed by atoms with Gasteiger partial charge in [0.25, 0.3) is 5.92 Å². The van der Waals surface area contributed by atoms with E-state index in [9.17, 15) is 31.1 Å². The fraction of sp³-hybridized carbons (Fsp3) is 0.182. The van der Waals surface area contributed by atoms with Gasteiger partial charge in [-0.25, -0.2) is 18.2 Å². The van der Waals surface area contributed by atoms with Crippen molar-refractivity contribution in [2.45, 2.75) is 12.1 Å². The van der Waals surface area contributed by atoms with Crippen molar-refractivity contribution in [1.82, 2.24) is 15.0 Å². The van der Waals surface area contributed by atoms with E-state index in [4.69, 9.17) is 0 Å². The van der Waals surface area contributed by atoms with E-state index in [2.05, 4.69) is 15.0 Å². The summed E-state index contributed by atoms with van der Waals surface area (Å²) in [5.74, 6) is -4.24. The molecule has 4 aromatic rings. The highest BCUT2D eigenvalue weighted by molar-refractivity contribution is 6.10. The van der Waals surface area contributed by atoms with Crippen molar-refractivity contribution < 1.29 is 31.1 Å². The van der Waals surface area contributed by atoms with Crippen molar-refractivity contribution in [3.8, 4) is 11.5 Å². The van der Waals surface area contributed by atoms with Crippen molar-refractivity contribution in [1.29, 1.82) is 0 Å². The zero-order valence-electron chi connectivity index (χ0n) is 16.6. The topological polar surface area (TPSA) is 64.8 Å². The lowest BCUT2D eigenvalue weighted by Gasteiger charge is -2.40. The summed E-state index contributed by atoms with van der Waals surface area (Å²) < 4.78 is 80.6. The van der Waals surface area contributed by atoms with Crippen LogP contribution in [0.3, 0.4) is 0 Å². The number of hydrogen-bond acceptors (Lipinski definition) is 3. The van der Waals surface area contributed by atoms with Crippen LogP contribution in [0.1, 0.15) is 21.5 Å². The molecule has 1 aliphatic rings. The number of nitrogens with zero attached hydrogens (tertiary/aromatic N) is 2. The maximum Gasteiger partial charge on any atom is 0.417 e. The van der Waals surface area contributed by atoms with Crippen molar-refractivity contribution in [2.24, 2.45) is 0 Å². The van der Waals surface area contributed by atoms with E-state index in [0.29, 0.717) is 0 Å². The van der Waals surface area contributed by atoms with Crippen LogP contribution in [-0.4, -0.2) is 39.7 Å². The number of fused-ring (bicyclic) bond motifs is 1. The Balaban J connectivity index is 1.46. The first kappa shape index (κ1) is 21.1. The molecule has 170 valence electrons. The van der Waals surface area contributed by atoms with Gasteiger partial charge < -0.3 is 14.9 Å². The van der Waals surface area contributed by atoms with E-state index in [-0.39, 0.29) is 33.8 Å². The summed E-state index contributed by atoms with van der Waals surface area (Å²) >= 11 is 0. The number of anilines is 1. The summed E-state index contributed by atoms with van der Waals surface area (Å²) in [6, 6.07) is 8.36. The fourth-order valence-corrected chi connectivity index (χ4v) is 3.81. The molecule has 33 heavy (non-hydrogen) atoms. The van der Waals surface area contributed by atoms with Gasteiger partial charge in [-0.15, -0.1) is 0 Å². The molecule has 2 aromatic heterocycles. The largest absolute Gasteiger partial charge is 0.417 e. The van der Waals surface area contributed by atoms with Crippen LogP contribution in [0.15, 0.2) is 48.7 Å². The Morgan fingerprint density at radius 2 is 1.82 bits per heavy atom. The molecular formula is C22H14F6N4O. The summed E-state index contributed by atoms with van der Waals surface area (Å²) in [6.45, 7) is -1.03. The summed E-state index contributed by atoms with van der Waals surface area (Å²) in [6.07, 6.45) is -3.46. The SMILES string of the molecule is O=C(c1c[nH]c(-c2nc3c(F)cc(N4CC(F)(F)C4)cc3[nH]2)c1)c1ccccc1C(F)(F)F. The minimum absolute atomic E-state index is 0.0360. The average molecular weight is 464 g/mol. The van der Waals surface area contributed by atoms with Gasteiger partial charge in [-0.3, -0.25) is 4.79 Å². The van der Waals surface area contributed by atoms with Gasteiger partial charge in [-0.2, -0.15) is 13.2 Å². The van der Waals surface area contributed by atoms with E-state index in [1.54, 1.807) is 0 Å². The third-order valence-corrected chi connectivity index (χ3v) is 5.41. The summed E-state index contributed by atoms with van der Waals surface area (Å²) in [5, 5.41) is 0. The molecule has 1 saturated heterocycles. The number of nitrogens with one attached hydrogen (secondary N) is 2. The molecule has 0 aliphatic carbocycles. The number of alkyl halides is 5. The molecule has 11 heteroatoms. The van der Waals surface area contributed by atoms with Crippen molar-refractivity contribution in [3.63, 3.8) is 0 Å². The third kappa shape index (κ3) is 3.73. The van der Waals surface area contributed by atoms with Gasteiger partial charge >= 0.3 is 6.18 Å². The number of carbonyl (C=O) groups is 1. The number of carbonyl (C=O) groups excluding carboxylic acids is 1. The van der Waals surface area contributed by atoms with Crippen LogP contribution in [-0.2, 0) is 6.18 Å². The lowest BCUT2D eigenvalue weighted by atomic mass is 9.99. The molecule has 0 saturated carbocycles. The number of benzene rings is 2. The molecule has 0 atom stereocenters. The average Bonchev–Trinajstić information content (AvgIpc) is 3.38. The first-order valence-corrected chi connectivity index (χ1v) is 9.74. The molecule has 2 aromatic carbocycles.